The molecule has 2 amide bonds. The summed E-state index contributed by atoms with van der Waals surface area (Å²) in [6.07, 6.45) is 5.98. The van der Waals surface area contributed by atoms with Gasteiger partial charge in [-0.25, -0.2) is 9.97 Å². The molecule has 1 saturated heterocycles. The zero-order valence-corrected chi connectivity index (χ0v) is 28.5. The topological polar surface area (TPSA) is 131 Å². The van der Waals surface area contributed by atoms with Gasteiger partial charge in [0.15, 0.2) is 5.82 Å². The van der Waals surface area contributed by atoms with Crippen LogP contribution in [-0.2, 0) is 16.0 Å². The number of carboxylic acid groups (broad SMARTS) is 1. The van der Waals surface area contributed by atoms with Gasteiger partial charge in [0, 0.05) is 48.6 Å². The molecule has 10 heteroatoms. The number of nitrogens with one attached hydrogen (secondary N) is 1. The van der Waals surface area contributed by atoms with Crippen LogP contribution in [0.1, 0.15) is 56.5 Å². The largest absolute Gasteiger partial charge is 0.494 e. The lowest BCUT2D eigenvalue weighted by molar-refractivity contribution is -0.153. The maximum atomic E-state index is 13.4. The molecule has 1 aromatic heterocycles. The van der Waals surface area contributed by atoms with Crippen molar-refractivity contribution in [2.24, 2.45) is 11.8 Å². The van der Waals surface area contributed by atoms with Crippen molar-refractivity contribution in [1.29, 1.82) is 0 Å². The maximum Gasteiger partial charge on any atom is 0.310 e. The molecule has 2 heterocycles. The number of hydrogen-bond donors (Lipinski definition) is 2. The van der Waals surface area contributed by atoms with Gasteiger partial charge >= 0.3 is 5.97 Å². The van der Waals surface area contributed by atoms with E-state index in [1.54, 1.807) is 36.7 Å². The molecule has 0 radical (unpaired) electrons. The third-order valence-corrected chi connectivity index (χ3v) is 8.32. The summed E-state index contributed by atoms with van der Waals surface area (Å²) in [7, 11) is 0. The normalized spacial score (nSPS) is 13.6. The van der Waals surface area contributed by atoms with E-state index in [4.69, 9.17) is 9.47 Å². The molecule has 3 aromatic carbocycles. The standard InChI is InChI=1S/C39H44N4O6/c1-25(2)6-5-19-48-33-15-11-28(12-16-33)31-21-40-36(41-22-31)29-9-7-27(8-10-29)20-35(38(45)43-23-32(24-43)39(46)47)42-37(44)30-13-17-34(18-14-30)49-26(3)4/h7-18,21-22,25-26,32,35H,5-6,19-20,23-24H2,1-4H3,(H,42,44)(H,46,47)/t35-/m0/s1. The van der Waals surface area contributed by atoms with Crippen LogP contribution >= 0.6 is 0 Å². The molecule has 5 rings (SSSR count). The Morgan fingerprint density at radius 1 is 0.837 bits per heavy atom. The molecule has 0 aliphatic carbocycles. The Hall–Kier alpha value is -5.25. The minimum atomic E-state index is -0.936. The van der Waals surface area contributed by atoms with Crippen LogP contribution in [0.3, 0.4) is 0 Å². The fourth-order valence-electron chi connectivity index (χ4n) is 5.51. The van der Waals surface area contributed by atoms with Crippen molar-refractivity contribution < 1.29 is 29.0 Å². The summed E-state index contributed by atoms with van der Waals surface area (Å²) in [5, 5.41) is 12.2. The highest BCUT2D eigenvalue weighted by atomic mass is 16.5. The van der Waals surface area contributed by atoms with E-state index in [0.29, 0.717) is 29.7 Å². The number of aromatic nitrogens is 2. The molecule has 256 valence electrons. The quantitative estimate of drug-likeness (QED) is 0.142. The Balaban J connectivity index is 1.23. The first-order valence-electron chi connectivity index (χ1n) is 16.8. The van der Waals surface area contributed by atoms with E-state index < -0.39 is 23.8 Å². The van der Waals surface area contributed by atoms with Gasteiger partial charge in [0.1, 0.15) is 17.5 Å². The molecule has 0 saturated carbocycles. The Bertz CT molecular complexity index is 1700. The highest BCUT2D eigenvalue weighted by Gasteiger charge is 2.38. The highest BCUT2D eigenvalue weighted by molar-refractivity contribution is 5.98. The molecule has 2 N–H and O–H groups in total. The van der Waals surface area contributed by atoms with E-state index in [-0.39, 0.29) is 31.5 Å². The number of amides is 2. The number of hydrogen-bond acceptors (Lipinski definition) is 7. The third kappa shape index (κ3) is 9.65. The minimum absolute atomic E-state index is 0.00180. The molecule has 1 aliphatic heterocycles. The summed E-state index contributed by atoms with van der Waals surface area (Å²) < 4.78 is 11.5. The molecular formula is C39H44N4O6. The van der Waals surface area contributed by atoms with Gasteiger partial charge in [-0.3, -0.25) is 14.4 Å². The van der Waals surface area contributed by atoms with Gasteiger partial charge in [-0.05, 0) is 80.1 Å². The zero-order chi connectivity index (χ0) is 34.9. The van der Waals surface area contributed by atoms with E-state index in [0.717, 1.165) is 40.8 Å². The number of carbonyl (C=O) groups excluding carboxylic acids is 2. The summed E-state index contributed by atoms with van der Waals surface area (Å²) in [4.78, 5) is 48.6. The van der Waals surface area contributed by atoms with Gasteiger partial charge < -0.3 is 24.8 Å². The van der Waals surface area contributed by atoms with Gasteiger partial charge in [0.2, 0.25) is 5.91 Å². The molecular weight excluding hydrogens is 620 g/mol. The average Bonchev–Trinajstić information content (AvgIpc) is 3.06. The maximum absolute atomic E-state index is 13.4. The number of ether oxygens (including phenoxy) is 2. The van der Waals surface area contributed by atoms with E-state index >= 15 is 0 Å². The summed E-state index contributed by atoms with van der Waals surface area (Å²) in [5.41, 5.74) is 3.90. The smallest absolute Gasteiger partial charge is 0.310 e. The number of aliphatic carboxylic acids is 1. The van der Waals surface area contributed by atoms with E-state index in [9.17, 15) is 19.5 Å². The number of benzene rings is 3. The molecule has 1 atom stereocenters. The molecule has 49 heavy (non-hydrogen) atoms. The second kappa shape index (κ2) is 16.2. The van der Waals surface area contributed by atoms with Crippen molar-refractivity contribution in [3.05, 3.63) is 96.3 Å². The van der Waals surface area contributed by atoms with Crippen molar-refractivity contribution in [3.63, 3.8) is 0 Å². The van der Waals surface area contributed by atoms with E-state index in [1.807, 2.05) is 62.4 Å². The zero-order valence-electron chi connectivity index (χ0n) is 28.5. The molecule has 0 unspecified atom stereocenters. The molecule has 1 fully saturated rings. The monoisotopic (exact) mass is 664 g/mol. The summed E-state index contributed by atoms with van der Waals surface area (Å²) in [6, 6.07) is 21.3. The van der Waals surface area contributed by atoms with Crippen LogP contribution in [0.4, 0.5) is 0 Å². The van der Waals surface area contributed by atoms with Gasteiger partial charge in [-0.15, -0.1) is 0 Å². The highest BCUT2D eigenvalue weighted by Crippen LogP contribution is 2.25. The first-order chi connectivity index (χ1) is 23.5. The number of carbonyl (C=O) groups is 3. The molecule has 0 spiro atoms. The summed E-state index contributed by atoms with van der Waals surface area (Å²) >= 11 is 0. The van der Waals surface area contributed by atoms with Crippen molar-refractivity contribution in [2.75, 3.05) is 19.7 Å². The lowest BCUT2D eigenvalue weighted by Gasteiger charge is -2.39. The van der Waals surface area contributed by atoms with Crippen molar-refractivity contribution in [3.8, 4) is 34.0 Å². The van der Waals surface area contributed by atoms with Gasteiger partial charge in [-0.1, -0.05) is 50.2 Å². The number of likely N-dealkylation sites (tertiary alicyclic amines) is 1. The third-order valence-electron chi connectivity index (χ3n) is 8.32. The van der Waals surface area contributed by atoms with Gasteiger partial charge in [0.05, 0.1) is 18.6 Å². The lowest BCUT2D eigenvalue weighted by Crippen LogP contribution is -2.59. The second-order valence-electron chi connectivity index (χ2n) is 13.1. The van der Waals surface area contributed by atoms with Crippen molar-refractivity contribution in [2.45, 2.75) is 59.1 Å². The Kier molecular flexibility index (Phi) is 11.6. The van der Waals surface area contributed by atoms with Crippen LogP contribution in [0.25, 0.3) is 22.5 Å². The number of rotatable bonds is 15. The lowest BCUT2D eigenvalue weighted by atomic mass is 9.96. The van der Waals surface area contributed by atoms with Crippen molar-refractivity contribution >= 4 is 17.8 Å². The number of carboxylic acids is 1. The Morgan fingerprint density at radius 2 is 1.45 bits per heavy atom. The summed E-state index contributed by atoms with van der Waals surface area (Å²) in [5.74, 6) is 0.455. The average molecular weight is 665 g/mol. The predicted molar refractivity (Wildman–Crippen MR) is 187 cm³/mol. The van der Waals surface area contributed by atoms with Gasteiger partial charge in [0.25, 0.3) is 5.91 Å². The van der Waals surface area contributed by atoms with Crippen LogP contribution in [-0.4, -0.2) is 69.6 Å². The van der Waals surface area contributed by atoms with E-state index in [1.165, 1.54) is 4.90 Å². The van der Waals surface area contributed by atoms with Crippen LogP contribution < -0.4 is 14.8 Å². The van der Waals surface area contributed by atoms with Crippen LogP contribution in [0.2, 0.25) is 0 Å². The van der Waals surface area contributed by atoms with E-state index in [2.05, 4.69) is 29.1 Å². The first kappa shape index (κ1) is 35.1. The fraction of sp³-hybridized carbons (Fsp3) is 0.359. The second-order valence-corrected chi connectivity index (χ2v) is 13.1. The van der Waals surface area contributed by atoms with Gasteiger partial charge in [-0.2, -0.15) is 0 Å². The first-order valence-corrected chi connectivity index (χ1v) is 16.8. The predicted octanol–water partition coefficient (Wildman–Crippen LogP) is 6.30. The molecule has 0 bridgehead atoms. The molecule has 10 nitrogen and oxygen atoms in total. The molecule has 4 aromatic rings. The number of nitrogens with zero attached hydrogens (tertiary/aromatic N) is 3. The minimum Gasteiger partial charge on any atom is -0.494 e. The molecule has 1 aliphatic rings. The SMILES string of the molecule is CC(C)CCCOc1ccc(-c2cnc(-c3ccc(C[C@H](NC(=O)c4ccc(OC(C)C)cc4)C(=O)N4CC(C(=O)O)C4)cc3)nc2)cc1. The fourth-order valence-corrected chi connectivity index (χ4v) is 5.51. The van der Waals surface area contributed by atoms with Crippen LogP contribution in [0.5, 0.6) is 11.5 Å². The Labute approximate surface area is 287 Å². The van der Waals surface area contributed by atoms with Crippen molar-refractivity contribution in [1.82, 2.24) is 20.2 Å². The Morgan fingerprint density at radius 3 is 2.04 bits per heavy atom. The van der Waals surface area contributed by atoms with Crippen LogP contribution in [0.15, 0.2) is 85.2 Å². The van der Waals surface area contributed by atoms with Crippen LogP contribution in [0, 0.1) is 11.8 Å². The summed E-state index contributed by atoms with van der Waals surface area (Å²) in [6.45, 7) is 9.20.